The maximum atomic E-state index is 12.0. The summed E-state index contributed by atoms with van der Waals surface area (Å²) in [6.07, 6.45) is 16.5. The van der Waals surface area contributed by atoms with Gasteiger partial charge in [-0.05, 0) is 60.7 Å². The number of hydrogen-bond donors (Lipinski definition) is 2. The van der Waals surface area contributed by atoms with E-state index in [1.54, 1.807) is 4.90 Å². The van der Waals surface area contributed by atoms with Gasteiger partial charge >= 0.3 is 0 Å². The summed E-state index contributed by atoms with van der Waals surface area (Å²) in [7, 11) is 3.92. The number of carbonyl (C=O) groups is 3. The minimum absolute atomic E-state index is 0.0563. The molecule has 2 atom stereocenters. The summed E-state index contributed by atoms with van der Waals surface area (Å²) in [4.78, 5) is 34.4. The van der Waals surface area contributed by atoms with Crippen molar-refractivity contribution in [2.45, 2.75) is 44.2 Å². The van der Waals surface area contributed by atoms with E-state index in [9.17, 15) is 14.4 Å². The van der Waals surface area contributed by atoms with Crippen LogP contribution in [0.15, 0.2) is 115 Å². The summed E-state index contributed by atoms with van der Waals surface area (Å²) in [5.74, 6) is 0.0563. The Morgan fingerprint density at radius 2 is 1.56 bits per heavy atom. The van der Waals surface area contributed by atoms with E-state index in [0.29, 0.717) is 18.9 Å². The van der Waals surface area contributed by atoms with E-state index >= 15 is 0 Å². The molecule has 1 amide bonds. The van der Waals surface area contributed by atoms with Gasteiger partial charge in [-0.15, -0.1) is 0 Å². The number of likely N-dealkylation sites (tertiary alicyclic amines) is 1. The molecule has 1 fully saturated rings. The number of likely N-dealkylation sites (N-methyl/N-ethyl adjacent to an activating group) is 1. The summed E-state index contributed by atoms with van der Waals surface area (Å²) in [6, 6.07) is 28.0. The molecule has 1 aliphatic carbocycles. The minimum atomic E-state index is -0.198. The first-order valence-corrected chi connectivity index (χ1v) is 14.8. The topological polar surface area (TPSA) is 78.5 Å². The number of carbonyl (C=O) groups excluding carboxylic acids is 3. The van der Waals surface area contributed by atoms with Crippen LogP contribution >= 0.6 is 0 Å². The first-order chi connectivity index (χ1) is 21.1. The lowest BCUT2D eigenvalue weighted by molar-refractivity contribution is -0.133. The van der Waals surface area contributed by atoms with Crippen molar-refractivity contribution in [1.29, 1.82) is 0 Å². The molecule has 0 spiro atoms. The molecule has 3 aromatic carbocycles. The van der Waals surface area contributed by atoms with Gasteiger partial charge in [-0.1, -0.05) is 103 Å². The number of amides is 1. The highest BCUT2D eigenvalue weighted by Gasteiger charge is 2.27. The number of rotatable bonds is 9. The van der Waals surface area contributed by atoms with Gasteiger partial charge in [-0.25, -0.2) is 0 Å². The Morgan fingerprint density at radius 3 is 2.12 bits per heavy atom. The molecule has 43 heavy (non-hydrogen) atoms. The molecule has 0 radical (unpaired) electrons. The highest BCUT2D eigenvalue weighted by atomic mass is 16.2. The quantitative estimate of drug-likeness (QED) is 0.302. The molecule has 0 bridgehead atoms. The van der Waals surface area contributed by atoms with Crippen LogP contribution in [0.4, 0.5) is 5.69 Å². The summed E-state index contributed by atoms with van der Waals surface area (Å²) in [5, 5.41) is 6.37. The van der Waals surface area contributed by atoms with E-state index in [0.717, 1.165) is 55.2 Å². The van der Waals surface area contributed by atoms with E-state index < -0.39 is 0 Å². The molecule has 5 rings (SSSR count). The van der Waals surface area contributed by atoms with E-state index in [4.69, 9.17) is 0 Å². The standard InChI is InChI=1S/C16H20N2.C13H15NO2.C8H8O/c1-17-15-9-5-13(6-10-15)3-4-14-7-11-16(18-2)12-8-14;15-10-12-7-4-8-14(12)13(16)9-11-5-2-1-3-6-11;9-7-6-8-4-2-1-3-5-8/h3-11,16-18H,12H2,1-2H3;1-3,5-6,10,12H,4,7-9H2;1-5,7H,6H2/b4-3+;;. The predicted molar refractivity (Wildman–Crippen MR) is 177 cm³/mol. The van der Waals surface area contributed by atoms with Gasteiger partial charge in [0, 0.05) is 31.7 Å². The minimum Gasteiger partial charge on any atom is -0.388 e. The summed E-state index contributed by atoms with van der Waals surface area (Å²) >= 11 is 0. The Morgan fingerprint density at radius 1 is 0.884 bits per heavy atom. The molecular weight excluding hydrogens is 534 g/mol. The van der Waals surface area contributed by atoms with Gasteiger partial charge < -0.3 is 25.1 Å². The molecule has 224 valence electrons. The van der Waals surface area contributed by atoms with Gasteiger partial charge in [0.1, 0.15) is 12.6 Å². The van der Waals surface area contributed by atoms with Crippen molar-refractivity contribution >= 4 is 30.2 Å². The second kappa shape index (κ2) is 18.8. The van der Waals surface area contributed by atoms with Gasteiger partial charge in [0.25, 0.3) is 0 Å². The molecule has 6 nitrogen and oxygen atoms in total. The van der Waals surface area contributed by atoms with Crippen molar-refractivity contribution in [3.63, 3.8) is 0 Å². The largest absolute Gasteiger partial charge is 0.388 e. The monoisotopic (exact) mass is 577 g/mol. The molecule has 2 N–H and O–H groups in total. The smallest absolute Gasteiger partial charge is 0.227 e. The van der Waals surface area contributed by atoms with Gasteiger partial charge in [-0.2, -0.15) is 0 Å². The lowest BCUT2D eigenvalue weighted by atomic mass is 10.0. The van der Waals surface area contributed by atoms with Gasteiger partial charge in [0.05, 0.1) is 12.5 Å². The second-order valence-electron chi connectivity index (χ2n) is 10.4. The normalized spacial score (nSPS) is 17.2. The fourth-order valence-electron chi connectivity index (χ4n) is 4.75. The molecule has 1 saturated heterocycles. The second-order valence-corrected chi connectivity index (χ2v) is 10.4. The molecule has 1 aliphatic heterocycles. The molecule has 3 aromatic rings. The fraction of sp³-hybridized carbons (Fsp3) is 0.270. The highest BCUT2D eigenvalue weighted by molar-refractivity contribution is 5.82. The van der Waals surface area contributed by atoms with E-state index in [1.165, 1.54) is 11.1 Å². The third-order valence-corrected chi connectivity index (χ3v) is 7.30. The maximum Gasteiger partial charge on any atom is 0.227 e. The average Bonchev–Trinajstić information content (AvgIpc) is 3.56. The molecular formula is C37H43N3O3. The zero-order chi connectivity index (χ0) is 30.7. The first-order valence-electron chi connectivity index (χ1n) is 14.8. The molecule has 0 aromatic heterocycles. The van der Waals surface area contributed by atoms with Crippen molar-refractivity contribution in [1.82, 2.24) is 10.2 Å². The van der Waals surface area contributed by atoms with Gasteiger partial charge in [0.15, 0.2) is 0 Å². The summed E-state index contributed by atoms with van der Waals surface area (Å²) in [5.41, 5.74) is 5.72. The van der Waals surface area contributed by atoms with Crippen molar-refractivity contribution in [2.75, 3.05) is 26.0 Å². The van der Waals surface area contributed by atoms with Crippen LogP contribution in [-0.4, -0.2) is 56.1 Å². The van der Waals surface area contributed by atoms with Crippen LogP contribution in [0.5, 0.6) is 0 Å². The fourth-order valence-corrected chi connectivity index (χ4v) is 4.75. The Labute approximate surface area is 256 Å². The van der Waals surface area contributed by atoms with Crippen LogP contribution < -0.4 is 10.6 Å². The van der Waals surface area contributed by atoms with Crippen LogP contribution in [-0.2, 0) is 27.2 Å². The van der Waals surface area contributed by atoms with Crippen molar-refractivity contribution in [3.8, 4) is 0 Å². The predicted octanol–water partition coefficient (Wildman–Crippen LogP) is 6.06. The van der Waals surface area contributed by atoms with Crippen molar-refractivity contribution in [3.05, 3.63) is 131 Å². The van der Waals surface area contributed by atoms with Crippen LogP contribution in [0.2, 0.25) is 0 Å². The number of nitrogens with one attached hydrogen (secondary N) is 2. The molecule has 2 unspecified atom stereocenters. The van der Waals surface area contributed by atoms with E-state index in [1.807, 2.05) is 74.8 Å². The molecule has 0 saturated carbocycles. The summed E-state index contributed by atoms with van der Waals surface area (Å²) < 4.78 is 0. The van der Waals surface area contributed by atoms with Crippen LogP contribution in [0.3, 0.4) is 0 Å². The third kappa shape index (κ3) is 11.7. The van der Waals surface area contributed by atoms with Crippen molar-refractivity contribution in [2.24, 2.45) is 0 Å². The zero-order valence-electron chi connectivity index (χ0n) is 25.2. The van der Waals surface area contributed by atoms with Crippen molar-refractivity contribution < 1.29 is 14.4 Å². The Balaban J connectivity index is 0.000000186. The van der Waals surface area contributed by atoms with Gasteiger partial charge in [0.2, 0.25) is 5.91 Å². The number of nitrogens with zero attached hydrogens (tertiary/aromatic N) is 1. The zero-order valence-corrected chi connectivity index (χ0v) is 25.2. The first kappa shape index (κ1) is 33.0. The lowest BCUT2D eigenvalue weighted by Crippen LogP contribution is -2.37. The lowest BCUT2D eigenvalue weighted by Gasteiger charge is -2.20. The third-order valence-electron chi connectivity index (χ3n) is 7.30. The number of anilines is 1. The number of aldehydes is 2. The maximum absolute atomic E-state index is 12.0. The van der Waals surface area contributed by atoms with E-state index in [2.05, 4.69) is 65.3 Å². The molecule has 2 aliphatic rings. The molecule has 1 heterocycles. The highest BCUT2D eigenvalue weighted by Crippen LogP contribution is 2.17. The number of hydrogen-bond acceptors (Lipinski definition) is 5. The number of benzene rings is 3. The Bertz CT molecular complexity index is 1350. The Hall–Kier alpha value is -4.55. The van der Waals surface area contributed by atoms with E-state index in [-0.39, 0.29) is 11.9 Å². The SMILES string of the molecule is CNc1ccc(/C=C/C2=CCC(NC)C=C2)cc1.O=CC1CCCN1C(=O)Cc1ccccc1.O=CCc1ccccc1. The van der Waals surface area contributed by atoms with Crippen LogP contribution in [0.25, 0.3) is 6.08 Å². The number of allylic oxidation sites excluding steroid dienone is 3. The van der Waals surface area contributed by atoms with Gasteiger partial charge in [-0.3, -0.25) is 4.79 Å². The summed E-state index contributed by atoms with van der Waals surface area (Å²) in [6.45, 7) is 0.717. The van der Waals surface area contributed by atoms with Crippen LogP contribution in [0.1, 0.15) is 36.0 Å². The molecule has 6 heteroatoms. The van der Waals surface area contributed by atoms with Crippen LogP contribution in [0, 0.1) is 0 Å². The average molecular weight is 578 g/mol. The Kier molecular flexibility index (Phi) is 14.4.